The molecule has 0 aliphatic carbocycles. The Morgan fingerprint density at radius 1 is 0.343 bits per heavy atom. The quantitative estimate of drug-likeness (QED) is 0.155. The molecule has 6 heteroatoms. The second-order valence-corrected chi connectivity index (χ2v) is 28.4. The topological polar surface area (TPSA) is 27.3 Å². The molecule has 0 amide bonds. The largest absolute Gasteiger partial charge is 0.457 e. The molecule has 0 saturated heterocycles. The van der Waals surface area contributed by atoms with Crippen LogP contribution in [0.1, 0.15) is 96.9 Å². The van der Waals surface area contributed by atoms with Crippen molar-refractivity contribution in [3.8, 4) is 50.8 Å². The van der Waals surface area contributed by atoms with Gasteiger partial charge < -0.3 is 23.3 Å². The van der Waals surface area contributed by atoms with Crippen molar-refractivity contribution in [1.29, 1.82) is 0 Å². The average Bonchev–Trinajstić information content (AvgIpc) is 1.24. The van der Waals surface area contributed by atoms with Gasteiger partial charge in [-0.3, -0.25) is 0 Å². The highest BCUT2D eigenvalue weighted by molar-refractivity contribution is 6.99. The number of para-hydroxylation sites is 7. The van der Waals surface area contributed by atoms with E-state index in [0.29, 0.717) is 39.8 Å². The van der Waals surface area contributed by atoms with Gasteiger partial charge in [-0.1, -0.05) is 259 Å². The maximum Gasteiger partial charge on any atom is 0.247 e. The lowest BCUT2D eigenvalue weighted by Gasteiger charge is -2.50. The van der Waals surface area contributed by atoms with Gasteiger partial charge >= 0.3 is 0 Å². The van der Waals surface area contributed by atoms with Crippen molar-refractivity contribution >= 4 is 106 Å². The van der Waals surface area contributed by atoms with Crippen LogP contribution >= 0.6 is 0 Å². The van der Waals surface area contributed by atoms with Gasteiger partial charge in [0.25, 0.3) is 0 Å². The molecule has 3 aromatic heterocycles. The van der Waals surface area contributed by atoms with Crippen LogP contribution in [0.25, 0.3) is 105 Å². The van der Waals surface area contributed by atoms with Gasteiger partial charge in [-0.2, -0.15) is 0 Å². The van der Waals surface area contributed by atoms with E-state index in [4.69, 9.17) is 10.2 Å². The van der Waals surface area contributed by atoms with Crippen molar-refractivity contribution in [3.63, 3.8) is 0 Å². The van der Waals surface area contributed by atoms with Gasteiger partial charge in [0.05, 0.1) is 66.1 Å². The molecule has 0 atom stereocenters. The monoisotopic (exact) mass is 1280 g/mol. The molecule has 0 saturated carbocycles. The van der Waals surface area contributed by atoms with Gasteiger partial charge in [0.1, 0.15) is 11.5 Å². The lowest BCUT2D eigenvalue weighted by Crippen LogP contribution is -2.65. The number of benzene rings is 14. The minimum absolute atomic E-state index is 0.0524. The Morgan fingerprint density at radius 3 is 1.26 bits per heavy atom. The van der Waals surface area contributed by atoms with Crippen LogP contribution in [0, 0.1) is 0 Å². The summed E-state index contributed by atoms with van der Waals surface area (Å²) in [6, 6.07) is 64.3. The number of hydrogen-bond acceptors (Lipinski definition) is 2. The maximum absolute atomic E-state index is 9.88. The summed E-state index contributed by atoms with van der Waals surface area (Å²) in [6.07, 6.45) is 0. The van der Waals surface area contributed by atoms with E-state index in [9.17, 15) is 16.4 Å². The van der Waals surface area contributed by atoms with Crippen molar-refractivity contribution in [1.82, 2.24) is 13.7 Å². The lowest BCUT2D eigenvalue weighted by atomic mass is 9.29. The molecule has 17 aromatic rings. The van der Waals surface area contributed by atoms with E-state index in [1.807, 2.05) is 109 Å². The van der Waals surface area contributed by atoms with Crippen LogP contribution in [0.4, 0.5) is 17.1 Å². The van der Waals surface area contributed by atoms with Crippen LogP contribution in [0.5, 0.6) is 11.5 Å². The summed E-state index contributed by atoms with van der Waals surface area (Å²) in [5, 5.41) is 1.75. The number of ether oxygens (including phenoxy) is 1. The van der Waals surface area contributed by atoms with E-state index in [1.165, 1.54) is 0 Å². The summed E-state index contributed by atoms with van der Waals surface area (Å²) in [4.78, 5) is 2.33. The first kappa shape index (κ1) is 43.3. The van der Waals surface area contributed by atoms with Gasteiger partial charge in [0, 0.05) is 83.0 Å². The first-order valence-electron chi connectivity index (χ1n) is 41.5. The molecule has 3 aliphatic heterocycles. The Hall–Kier alpha value is -11.9. The van der Waals surface area contributed by atoms with E-state index in [2.05, 4.69) is 154 Å². The Bertz CT molecular complexity index is 6930. The minimum Gasteiger partial charge on any atom is -0.457 e. The summed E-state index contributed by atoms with van der Waals surface area (Å²) in [7, 11) is 0. The predicted molar refractivity (Wildman–Crippen MR) is 415 cm³/mol. The van der Waals surface area contributed by atoms with E-state index in [-0.39, 0.29) is 54.4 Å². The number of anilines is 3. The van der Waals surface area contributed by atoms with Gasteiger partial charge in [0.15, 0.2) is 0 Å². The zero-order chi connectivity index (χ0) is 80.1. The van der Waals surface area contributed by atoms with Crippen molar-refractivity contribution in [2.75, 3.05) is 4.90 Å². The third-order valence-corrected chi connectivity index (χ3v) is 21.0. The number of hydrogen-bond donors (Lipinski definition) is 0. The molecule has 0 radical (unpaired) electrons. The number of rotatable bonds is 6. The van der Waals surface area contributed by atoms with Crippen molar-refractivity contribution in [3.05, 3.63) is 342 Å². The Labute approximate surface area is 599 Å². The molecule has 0 N–H and O–H groups in total. The second kappa shape index (κ2) is 21.1. The fraction of sp³-hybridized carbons (Fsp3) is 0.0968. The van der Waals surface area contributed by atoms with E-state index in [0.717, 1.165) is 99.6 Å². The molecule has 1 spiro atoms. The van der Waals surface area contributed by atoms with Crippen LogP contribution < -0.4 is 26.0 Å². The van der Waals surface area contributed by atoms with Crippen molar-refractivity contribution in [2.24, 2.45) is 0 Å². The summed E-state index contributed by atoms with van der Waals surface area (Å²) >= 11 is 0. The molecule has 99 heavy (non-hydrogen) atoms. The molecule has 6 heterocycles. The van der Waals surface area contributed by atoms with Gasteiger partial charge in [-0.15, -0.1) is 0 Å². The van der Waals surface area contributed by atoms with Crippen molar-refractivity contribution < 1.29 is 26.7 Å². The fourth-order valence-electron chi connectivity index (χ4n) is 16.6. The average molecular weight is 1290 g/mol. The van der Waals surface area contributed by atoms with Crippen LogP contribution in [-0.2, 0) is 16.2 Å². The molecular weight excluding hydrogens is 1200 g/mol. The fourth-order valence-corrected chi connectivity index (χ4v) is 16.6. The van der Waals surface area contributed by atoms with Crippen LogP contribution in [0.15, 0.2) is 309 Å². The summed E-state index contributed by atoms with van der Waals surface area (Å²) in [5.41, 5.74) is 14.1. The summed E-state index contributed by atoms with van der Waals surface area (Å²) in [5.74, 6) is 1.08. The number of fused-ring (bicyclic) bond motifs is 19. The molecule has 14 aromatic carbocycles. The second-order valence-electron chi connectivity index (χ2n) is 28.4. The first-order chi connectivity index (χ1) is 55.0. The lowest BCUT2D eigenvalue weighted by molar-refractivity contribution is 0.435. The molecular formula is C93H69BN4O. The van der Waals surface area contributed by atoms with Gasteiger partial charge in [-0.05, 0) is 152 Å². The van der Waals surface area contributed by atoms with Crippen molar-refractivity contribution in [2.45, 2.75) is 57.8 Å². The zero-order valence-corrected chi connectivity index (χ0v) is 55.0. The highest BCUT2D eigenvalue weighted by Crippen LogP contribution is 2.59. The Kier molecular flexibility index (Phi) is 9.23. The highest BCUT2D eigenvalue weighted by Gasteiger charge is 2.55. The molecule has 470 valence electrons. The van der Waals surface area contributed by atoms with Gasteiger partial charge in [-0.25, -0.2) is 0 Å². The van der Waals surface area contributed by atoms with Crippen LogP contribution in [0.2, 0.25) is 0 Å². The Morgan fingerprint density at radius 2 is 0.768 bits per heavy atom. The minimum atomic E-state index is -1.46. The molecule has 5 nitrogen and oxygen atoms in total. The predicted octanol–water partition coefficient (Wildman–Crippen LogP) is 22.0. The summed E-state index contributed by atoms with van der Waals surface area (Å²) < 4.78 is 164. The normalized spacial score (nSPS) is 15.9. The van der Waals surface area contributed by atoms with E-state index >= 15 is 0 Å². The number of nitrogens with zero attached hydrogens (tertiary/aromatic N) is 4. The van der Waals surface area contributed by atoms with Crippen LogP contribution in [-0.4, -0.2) is 20.4 Å². The molecule has 0 fully saturated rings. The SMILES string of the molecule is [2H]c1c([2H])c([2H])c2c(c1[2H])c1c([2H])c([2H])c([2H])c([2H])c1n2-c1ccc2c(c1)N(c1c(-c3ccccc3)cccc1-c1ccccc1)c1cc(-n3c4ccc(C(C)(C)C)cc4c4cc(C(C)(C)C)ccc43)cc3c1B2c1ccc(-n2c4c([2H])c([2H])c([2H])c([2H])c4c4c([2H])c([2H])c([2H])c([2H])c42)cc1C31c2ccccc2Oc2ccccc21. The third-order valence-electron chi connectivity index (χ3n) is 21.0. The number of aromatic nitrogens is 3. The molecule has 20 rings (SSSR count). The smallest absolute Gasteiger partial charge is 0.247 e. The van der Waals surface area contributed by atoms with E-state index in [1.54, 1.807) is 9.13 Å². The zero-order valence-electron chi connectivity index (χ0n) is 71.0. The Balaban J connectivity index is 1.03. The highest BCUT2D eigenvalue weighted by atomic mass is 16.5. The molecule has 3 aliphatic rings. The molecule has 0 bridgehead atoms. The van der Waals surface area contributed by atoms with E-state index < -0.39 is 109 Å². The third kappa shape index (κ3) is 8.24. The van der Waals surface area contributed by atoms with Crippen LogP contribution in [0.3, 0.4) is 0 Å². The molecule has 0 unspecified atom stereocenters. The summed E-state index contributed by atoms with van der Waals surface area (Å²) in [6.45, 7) is 12.5. The first-order valence-corrected chi connectivity index (χ1v) is 33.5. The standard InChI is InChI=1S/C93H69BN4O/c1-91(2,3)60-44-50-83-71(52-60)72-53-61(92(4,5)6)45-51-84(72)97(83)64-55-76-89-86(57-64)98(90-65(58-26-9-7-10-27-58)34-25-35-66(90)59-28-11-8-12-29-59)85-56-63(96-81-40-21-15-32-69(81)70-33-16-22-41-82(70)96)47-49-78(85)94(89)77-48-46-62(95-79-38-19-13-30-67(79)68-31-14-20-39-80(68)95)54-75(77)93(76)73-36-17-23-42-87(73)99-88-43-24-18-37-74(88)93/h7-57H,1-6H3/i13D,14D,15D,16D,19D,20D,21D,22D,30D,31D,32D,33D,38D,39D,40D,41D. The van der Waals surface area contributed by atoms with Gasteiger partial charge in [0.2, 0.25) is 6.71 Å². The maximum atomic E-state index is 9.88.